The van der Waals surface area contributed by atoms with Crippen LogP contribution in [0.3, 0.4) is 0 Å². The SMILES string of the molecule is CN(C)C(=O)N1Cc2ccc(NC(=O)c3cc(Cl)cc4[nH]ncc34)cc2C1. The number of nitrogens with one attached hydrogen (secondary N) is 2. The number of hydrogen-bond acceptors (Lipinski definition) is 3. The van der Waals surface area contributed by atoms with Crippen molar-refractivity contribution in [3.63, 3.8) is 0 Å². The normalized spacial score (nSPS) is 12.9. The lowest BCUT2D eigenvalue weighted by Gasteiger charge is -2.20. The van der Waals surface area contributed by atoms with Gasteiger partial charge in [0.1, 0.15) is 0 Å². The van der Waals surface area contributed by atoms with Gasteiger partial charge in [-0.2, -0.15) is 5.10 Å². The number of amides is 3. The Morgan fingerprint density at radius 1 is 1.19 bits per heavy atom. The average molecular weight is 384 g/mol. The van der Waals surface area contributed by atoms with Crippen molar-refractivity contribution in [1.82, 2.24) is 20.0 Å². The predicted octanol–water partition coefficient (Wildman–Crippen LogP) is 3.47. The number of hydrogen-bond donors (Lipinski definition) is 2. The van der Waals surface area contributed by atoms with Crippen LogP contribution in [0.25, 0.3) is 10.9 Å². The van der Waals surface area contributed by atoms with Crippen LogP contribution in [0.4, 0.5) is 10.5 Å². The topological polar surface area (TPSA) is 81.3 Å². The summed E-state index contributed by atoms with van der Waals surface area (Å²) < 4.78 is 0. The summed E-state index contributed by atoms with van der Waals surface area (Å²) in [5.74, 6) is -0.261. The quantitative estimate of drug-likeness (QED) is 0.711. The molecule has 0 saturated carbocycles. The van der Waals surface area contributed by atoms with E-state index in [1.54, 1.807) is 42.2 Å². The van der Waals surface area contributed by atoms with Crippen LogP contribution in [-0.4, -0.2) is 46.0 Å². The molecule has 8 heteroatoms. The summed E-state index contributed by atoms with van der Waals surface area (Å²) in [4.78, 5) is 28.2. The highest BCUT2D eigenvalue weighted by Crippen LogP contribution is 2.28. The molecule has 0 atom stereocenters. The number of carbonyl (C=O) groups excluding carboxylic acids is 2. The highest BCUT2D eigenvalue weighted by molar-refractivity contribution is 6.32. The maximum Gasteiger partial charge on any atom is 0.320 e. The molecule has 0 spiro atoms. The van der Waals surface area contributed by atoms with Gasteiger partial charge in [0.2, 0.25) is 0 Å². The van der Waals surface area contributed by atoms with Crippen LogP contribution in [0.1, 0.15) is 21.5 Å². The van der Waals surface area contributed by atoms with Crippen LogP contribution in [0, 0.1) is 0 Å². The molecule has 0 unspecified atom stereocenters. The molecular formula is C19H18ClN5O2. The zero-order chi connectivity index (χ0) is 19.1. The molecule has 1 aliphatic heterocycles. The first-order valence-electron chi connectivity index (χ1n) is 8.44. The number of rotatable bonds is 2. The average Bonchev–Trinajstić information content (AvgIpc) is 3.25. The number of urea groups is 1. The smallest absolute Gasteiger partial charge is 0.320 e. The number of H-pyrrole nitrogens is 1. The fourth-order valence-corrected chi connectivity index (χ4v) is 3.51. The lowest BCUT2D eigenvalue weighted by atomic mass is 10.1. The zero-order valence-electron chi connectivity index (χ0n) is 14.9. The van der Waals surface area contributed by atoms with Crippen LogP contribution in [0.2, 0.25) is 5.02 Å². The highest BCUT2D eigenvalue weighted by Gasteiger charge is 2.25. The minimum atomic E-state index is -0.261. The molecular weight excluding hydrogens is 366 g/mol. The van der Waals surface area contributed by atoms with Gasteiger partial charge < -0.3 is 15.1 Å². The van der Waals surface area contributed by atoms with E-state index < -0.39 is 0 Å². The lowest BCUT2D eigenvalue weighted by molar-refractivity contribution is 0.102. The summed E-state index contributed by atoms with van der Waals surface area (Å²) >= 11 is 6.11. The first-order valence-corrected chi connectivity index (χ1v) is 8.82. The minimum Gasteiger partial charge on any atom is -0.331 e. The Kier molecular flexibility index (Phi) is 4.24. The van der Waals surface area contributed by atoms with Crippen LogP contribution in [-0.2, 0) is 13.1 Å². The Morgan fingerprint density at radius 2 is 1.96 bits per heavy atom. The van der Waals surface area contributed by atoms with Gasteiger partial charge in [0.05, 0.1) is 17.3 Å². The molecule has 0 radical (unpaired) electrons. The minimum absolute atomic E-state index is 0.0296. The summed E-state index contributed by atoms with van der Waals surface area (Å²) in [5, 5.41) is 10.9. The van der Waals surface area contributed by atoms with Gasteiger partial charge in [-0.1, -0.05) is 17.7 Å². The number of aromatic amines is 1. The number of aromatic nitrogens is 2. The van der Waals surface area contributed by atoms with E-state index in [2.05, 4.69) is 15.5 Å². The van der Waals surface area contributed by atoms with Crippen molar-refractivity contribution >= 4 is 40.1 Å². The van der Waals surface area contributed by atoms with Gasteiger partial charge in [-0.05, 0) is 35.4 Å². The second-order valence-electron chi connectivity index (χ2n) is 6.76. The molecule has 2 heterocycles. The molecule has 2 aromatic carbocycles. The zero-order valence-corrected chi connectivity index (χ0v) is 15.7. The number of nitrogens with zero attached hydrogens (tertiary/aromatic N) is 3. The molecule has 0 saturated heterocycles. The largest absolute Gasteiger partial charge is 0.331 e. The van der Waals surface area contributed by atoms with Gasteiger partial charge in [0, 0.05) is 43.3 Å². The van der Waals surface area contributed by atoms with Gasteiger partial charge in [0.25, 0.3) is 5.91 Å². The molecule has 3 amide bonds. The van der Waals surface area contributed by atoms with Crippen molar-refractivity contribution in [3.8, 4) is 0 Å². The standard InChI is InChI=1S/C19H18ClN5O2/c1-24(2)19(27)25-9-11-3-4-14(5-12(11)10-25)22-18(26)15-6-13(20)7-17-16(15)8-21-23-17/h3-8H,9-10H2,1-2H3,(H,21,23)(H,22,26). The van der Waals surface area contributed by atoms with Crippen molar-refractivity contribution in [2.75, 3.05) is 19.4 Å². The molecule has 0 bridgehead atoms. The lowest BCUT2D eigenvalue weighted by Crippen LogP contribution is -2.35. The molecule has 1 aliphatic rings. The summed E-state index contributed by atoms with van der Waals surface area (Å²) in [7, 11) is 3.47. The van der Waals surface area contributed by atoms with Gasteiger partial charge in [-0.15, -0.1) is 0 Å². The Morgan fingerprint density at radius 3 is 2.74 bits per heavy atom. The maximum absolute atomic E-state index is 12.8. The Hall–Kier alpha value is -3.06. The van der Waals surface area contributed by atoms with Crippen molar-refractivity contribution < 1.29 is 9.59 Å². The fraction of sp³-hybridized carbons (Fsp3) is 0.211. The fourth-order valence-electron chi connectivity index (χ4n) is 3.29. The monoisotopic (exact) mass is 383 g/mol. The van der Waals surface area contributed by atoms with E-state index in [1.165, 1.54) is 0 Å². The first-order chi connectivity index (χ1) is 12.9. The molecule has 138 valence electrons. The molecule has 4 rings (SSSR count). The van der Waals surface area contributed by atoms with E-state index in [4.69, 9.17) is 11.6 Å². The van der Waals surface area contributed by atoms with Crippen molar-refractivity contribution in [1.29, 1.82) is 0 Å². The van der Waals surface area contributed by atoms with Crippen LogP contribution >= 0.6 is 11.6 Å². The second kappa shape index (κ2) is 6.59. The third kappa shape index (κ3) is 3.21. The molecule has 27 heavy (non-hydrogen) atoms. The summed E-state index contributed by atoms with van der Waals surface area (Å²) in [6.45, 7) is 1.10. The Labute approximate surface area is 160 Å². The van der Waals surface area contributed by atoms with Gasteiger partial charge in [-0.3, -0.25) is 9.89 Å². The number of anilines is 1. The Bertz CT molecular complexity index is 1060. The number of benzene rings is 2. The molecule has 2 N–H and O–H groups in total. The highest BCUT2D eigenvalue weighted by atomic mass is 35.5. The van der Waals surface area contributed by atoms with E-state index >= 15 is 0 Å². The van der Waals surface area contributed by atoms with Crippen molar-refractivity contribution in [3.05, 3.63) is 58.2 Å². The number of carbonyl (C=O) groups is 2. The number of halogens is 1. The molecule has 0 aliphatic carbocycles. The third-order valence-corrected chi connectivity index (χ3v) is 4.83. The van der Waals surface area contributed by atoms with E-state index in [1.807, 2.05) is 18.2 Å². The number of fused-ring (bicyclic) bond motifs is 2. The van der Waals surface area contributed by atoms with Crippen LogP contribution < -0.4 is 5.32 Å². The predicted molar refractivity (Wildman–Crippen MR) is 104 cm³/mol. The molecule has 1 aromatic heterocycles. The van der Waals surface area contributed by atoms with Gasteiger partial charge >= 0.3 is 6.03 Å². The summed E-state index contributed by atoms with van der Waals surface area (Å²) in [5.41, 5.74) is 3.95. The third-order valence-electron chi connectivity index (χ3n) is 4.61. The second-order valence-corrected chi connectivity index (χ2v) is 7.19. The van der Waals surface area contributed by atoms with Gasteiger partial charge in [0.15, 0.2) is 0 Å². The van der Waals surface area contributed by atoms with E-state index in [0.29, 0.717) is 40.3 Å². The van der Waals surface area contributed by atoms with E-state index in [-0.39, 0.29) is 11.9 Å². The summed E-state index contributed by atoms with van der Waals surface area (Å²) in [6, 6.07) is 9.02. The molecule has 0 fully saturated rings. The summed E-state index contributed by atoms with van der Waals surface area (Å²) in [6.07, 6.45) is 1.61. The Balaban J connectivity index is 1.56. The van der Waals surface area contributed by atoms with Crippen molar-refractivity contribution in [2.24, 2.45) is 0 Å². The van der Waals surface area contributed by atoms with Gasteiger partial charge in [-0.25, -0.2) is 4.79 Å². The molecule has 7 nitrogen and oxygen atoms in total. The van der Waals surface area contributed by atoms with E-state index in [9.17, 15) is 9.59 Å². The first kappa shape index (κ1) is 17.4. The van der Waals surface area contributed by atoms with Crippen LogP contribution in [0.5, 0.6) is 0 Å². The molecule has 3 aromatic rings. The van der Waals surface area contributed by atoms with Crippen LogP contribution in [0.15, 0.2) is 36.5 Å². The van der Waals surface area contributed by atoms with Crippen molar-refractivity contribution in [2.45, 2.75) is 13.1 Å². The maximum atomic E-state index is 12.8. The van der Waals surface area contributed by atoms with E-state index in [0.717, 1.165) is 11.1 Å².